The predicted molar refractivity (Wildman–Crippen MR) is 74.7 cm³/mol. The number of hydrogen-bond acceptors (Lipinski definition) is 3. The minimum Gasteiger partial charge on any atom is -0.395 e. The van der Waals surface area contributed by atoms with E-state index in [0.717, 1.165) is 11.3 Å². The van der Waals surface area contributed by atoms with E-state index >= 15 is 0 Å². The summed E-state index contributed by atoms with van der Waals surface area (Å²) < 4.78 is 0. The number of aliphatic hydroxyl groups excluding tert-OH is 1. The molecule has 0 spiro atoms. The first-order valence-corrected chi connectivity index (χ1v) is 6.98. The molecule has 18 heavy (non-hydrogen) atoms. The molecule has 1 rings (SSSR count). The van der Waals surface area contributed by atoms with E-state index in [-0.39, 0.29) is 12.5 Å². The van der Waals surface area contributed by atoms with Crippen molar-refractivity contribution in [2.75, 3.05) is 13.2 Å². The summed E-state index contributed by atoms with van der Waals surface area (Å²) in [6.07, 6.45) is 1.45. The van der Waals surface area contributed by atoms with Crippen LogP contribution < -0.4 is 5.32 Å². The molecule has 1 aromatic rings. The molecule has 98 valence electrons. The first kappa shape index (κ1) is 14.7. The van der Waals surface area contributed by atoms with Crippen LogP contribution in [-0.4, -0.2) is 24.2 Å². The number of thiophene rings is 1. The van der Waals surface area contributed by atoms with E-state index < -0.39 is 0 Å². The van der Waals surface area contributed by atoms with E-state index in [1.807, 2.05) is 5.38 Å². The molecule has 0 fully saturated rings. The third-order valence-electron chi connectivity index (χ3n) is 2.32. The fourth-order valence-corrected chi connectivity index (χ4v) is 2.06. The molecule has 1 heterocycles. The van der Waals surface area contributed by atoms with Crippen molar-refractivity contribution in [1.82, 2.24) is 5.32 Å². The van der Waals surface area contributed by atoms with Gasteiger partial charge in [0.25, 0.3) is 5.91 Å². The number of nitrogens with one attached hydrogen (secondary N) is 1. The lowest BCUT2D eigenvalue weighted by molar-refractivity contribution is 0.0952. The normalized spacial score (nSPS) is 10.0. The number of carbonyl (C=O) groups is 1. The second kappa shape index (κ2) is 7.91. The zero-order chi connectivity index (χ0) is 13.4. The fraction of sp³-hybridized carbons (Fsp3) is 0.500. The zero-order valence-electron chi connectivity index (χ0n) is 10.8. The lowest BCUT2D eigenvalue weighted by Gasteiger charge is -2.05. The highest BCUT2D eigenvalue weighted by Gasteiger charge is 2.07. The molecule has 1 aromatic heterocycles. The number of rotatable bonds is 5. The van der Waals surface area contributed by atoms with E-state index in [0.29, 0.717) is 24.4 Å². The summed E-state index contributed by atoms with van der Waals surface area (Å²) in [5.74, 6) is 6.31. The molecular formula is C14H19NO2S. The minimum atomic E-state index is -0.0397. The Morgan fingerprint density at radius 1 is 1.56 bits per heavy atom. The number of aliphatic hydroxyl groups is 1. The molecule has 2 N–H and O–H groups in total. The van der Waals surface area contributed by atoms with E-state index in [1.54, 1.807) is 6.07 Å². The van der Waals surface area contributed by atoms with Gasteiger partial charge in [-0.25, -0.2) is 0 Å². The van der Waals surface area contributed by atoms with Crippen molar-refractivity contribution >= 4 is 17.2 Å². The van der Waals surface area contributed by atoms with E-state index in [2.05, 4.69) is 31.0 Å². The van der Waals surface area contributed by atoms with Gasteiger partial charge in [0, 0.05) is 18.3 Å². The molecule has 3 nitrogen and oxygen atoms in total. The Hall–Kier alpha value is -1.31. The maximum Gasteiger partial charge on any atom is 0.252 e. The van der Waals surface area contributed by atoms with Gasteiger partial charge in [-0.2, -0.15) is 0 Å². The minimum absolute atomic E-state index is 0.0397. The van der Waals surface area contributed by atoms with Gasteiger partial charge in [-0.05, 0) is 18.4 Å². The van der Waals surface area contributed by atoms with Crippen LogP contribution in [0.4, 0.5) is 0 Å². The molecule has 0 unspecified atom stereocenters. The highest BCUT2D eigenvalue weighted by atomic mass is 32.1. The molecule has 0 radical (unpaired) electrons. The van der Waals surface area contributed by atoms with Crippen LogP contribution in [0.3, 0.4) is 0 Å². The molecular weight excluding hydrogens is 246 g/mol. The molecule has 0 aromatic carbocycles. The fourth-order valence-electron chi connectivity index (χ4n) is 1.30. The monoisotopic (exact) mass is 265 g/mol. The number of amides is 1. The largest absolute Gasteiger partial charge is 0.395 e. The molecule has 0 bridgehead atoms. The molecule has 0 saturated carbocycles. The van der Waals surface area contributed by atoms with Crippen molar-refractivity contribution < 1.29 is 9.90 Å². The maximum atomic E-state index is 11.8. The van der Waals surface area contributed by atoms with Crippen LogP contribution in [0, 0.1) is 17.8 Å². The Kier molecular flexibility index (Phi) is 6.48. The number of carbonyl (C=O) groups excluding carboxylic acids is 1. The highest BCUT2D eigenvalue weighted by molar-refractivity contribution is 7.10. The summed E-state index contributed by atoms with van der Waals surface area (Å²) in [5, 5.41) is 13.3. The number of hydrogen-bond donors (Lipinski definition) is 2. The van der Waals surface area contributed by atoms with Crippen molar-refractivity contribution in [3.8, 4) is 11.8 Å². The van der Waals surface area contributed by atoms with Gasteiger partial charge >= 0.3 is 0 Å². The molecule has 0 atom stereocenters. The Morgan fingerprint density at radius 3 is 3.00 bits per heavy atom. The molecule has 0 saturated heterocycles. The van der Waals surface area contributed by atoms with Gasteiger partial charge in [0.05, 0.1) is 17.0 Å². The van der Waals surface area contributed by atoms with Gasteiger partial charge in [0.1, 0.15) is 0 Å². The van der Waals surface area contributed by atoms with Gasteiger partial charge in [-0.1, -0.05) is 25.7 Å². The van der Waals surface area contributed by atoms with Crippen molar-refractivity contribution in [3.63, 3.8) is 0 Å². The summed E-state index contributed by atoms with van der Waals surface area (Å²) in [5.41, 5.74) is 0.664. The SMILES string of the molecule is CC(C)CCNC(=O)c1csc(C#CCCO)c1. The van der Waals surface area contributed by atoms with E-state index in [4.69, 9.17) is 5.11 Å². The van der Waals surface area contributed by atoms with Crippen molar-refractivity contribution in [3.05, 3.63) is 21.9 Å². The second-order valence-corrected chi connectivity index (χ2v) is 5.32. The zero-order valence-corrected chi connectivity index (χ0v) is 11.6. The molecule has 0 aliphatic rings. The van der Waals surface area contributed by atoms with E-state index in [1.165, 1.54) is 11.3 Å². The first-order chi connectivity index (χ1) is 8.63. The lowest BCUT2D eigenvalue weighted by Crippen LogP contribution is -2.24. The third kappa shape index (κ3) is 5.35. The standard InChI is InChI=1S/C14H19NO2S/c1-11(2)6-7-15-14(17)12-9-13(18-10-12)5-3-4-8-16/h9-11,16H,4,6-8H2,1-2H3,(H,15,17). The maximum absolute atomic E-state index is 11.8. The Bertz CT molecular complexity index is 440. The van der Waals surface area contributed by atoms with Crippen LogP contribution in [-0.2, 0) is 0 Å². The average Bonchev–Trinajstić information content (AvgIpc) is 2.77. The smallest absolute Gasteiger partial charge is 0.252 e. The van der Waals surface area contributed by atoms with Gasteiger partial charge < -0.3 is 10.4 Å². The molecule has 1 amide bonds. The Balaban J connectivity index is 2.47. The third-order valence-corrected chi connectivity index (χ3v) is 3.16. The molecule has 0 aliphatic heterocycles. The quantitative estimate of drug-likeness (QED) is 0.802. The van der Waals surface area contributed by atoms with Crippen LogP contribution in [0.15, 0.2) is 11.4 Å². The van der Waals surface area contributed by atoms with Crippen LogP contribution in [0.1, 0.15) is 41.9 Å². The first-order valence-electron chi connectivity index (χ1n) is 6.10. The Labute approximate surface area is 112 Å². The summed E-state index contributed by atoms with van der Waals surface area (Å²) in [4.78, 5) is 12.6. The van der Waals surface area contributed by atoms with Gasteiger partial charge in [0.2, 0.25) is 0 Å². The van der Waals surface area contributed by atoms with Crippen molar-refractivity contribution in [1.29, 1.82) is 0 Å². The van der Waals surface area contributed by atoms with Gasteiger partial charge in [0.15, 0.2) is 0 Å². The van der Waals surface area contributed by atoms with Gasteiger partial charge in [-0.15, -0.1) is 11.3 Å². The summed E-state index contributed by atoms with van der Waals surface area (Å²) >= 11 is 1.45. The van der Waals surface area contributed by atoms with Crippen LogP contribution >= 0.6 is 11.3 Å². The average molecular weight is 265 g/mol. The predicted octanol–water partition coefficient (Wildman–Crippen LogP) is 2.26. The lowest BCUT2D eigenvalue weighted by atomic mass is 10.1. The van der Waals surface area contributed by atoms with Crippen LogP contribution in [0.2, 0.25) is 0 Å². The van der Waals surface area contributed by atoms with Gasteiger partial charge in [-0.3, -0.25) is 4.79 Å². The van der Waals surface area contributed by atoms with E-state index in [9.17, 15) is 4.79 Å². The Morgan fingerprint density at radius 2 is 2.33 bits per heavy atom. The van der Waals surface area contributed by atoms with Crippen LogP contribution in [0.25, 0.3) is 0 Å². The summed E-state index contributed by atoms with van der Waals surface area (Å²) in [6.45, 7) is 5.04. The summed E-state index contributed by atoms with van der Waals surface area (Å²) in [6, 6.07) is 1.79. The van der Waals surface area contributed by atoms with Crippen molar-refractivity contribution in [2.45, 2.75) is 26.7 Å². The van der Waals surface area contributed by atoms with Crippen molar-refractivity contribution in [2.24, 2.45) is 5.92 Å². The summed E-state index contributed by atoms with van der Waals surface area (Å²) in [7, 11) is 0. The van der Waals surface area contributed by atoms with Crippen LogP contribution in [0.5, 0.6) is 0 Å². The highest BCUT2D eigenvalue weighted by Crippen LogP contribution is 2.13. The topological polar surface area (TPSA) is 49.3 Å². The molecule has 4 heteroatoms. The second-order valence-electron chi connectivity index (χ2n) is 4.41. The molecule has 0 aliphatic carbocycles.